The number of rotatable bonds is 15. The monoisotopic (exact) mass is 365 g/mol. The number of nitrogens with zero attached hydrogens (tertiary/aromatic N) is 1. The molecule has 148 valence electrons. The van der Waals surface area contributed by atoms with E-state index < -0.39 is 6.04 Å². The van der Waals surface area contributed by atoms with Gasteiger partial charge in [0.15, 0.2) is 0 Å². The first-order chi connectivity index (χ1) is 12.7. The maximum Gasteiger partial charge on any atom is 0.242 e. The van der Waals surface area contributed by atoms with Gasteiger partial charge in [-0.05, 0) is 6.42 Å². The van der Waals surface area contributed by atoms with Crippen LogP contribution in [0.4, 0.5) is 0 Å². The Morgan fingerprint density at radius 3 is 2.46 bits per heavy atom. The van der Waals surface area contributed by atoms with Crippen LogP contribution in [0.25, 0.3) is 0 Å². The Balaban J connectivity index is 2.27. The number of nitrogens with one attached hydrogen (secondary N) is 3. The minimum atomic E-state index is -0.608. The lowest BCUT2D eigenvalue weighted by molar-refractivity contribution is -0.128. The Labute approximate surface area is 156 Å². The van der Waals surface area contributed by atoms with Crippen LogP contribution in [0, 0.1) is 0 Å². The van der Waals surface area contributed by atoms with Gasteiger partial charge in [-0.25, -0.2) is 4.98 Å². The lowest BCUT2D eigenvalue weighted by atomic mass is 10.1. The van der Waals surface area contributed by atoms with Crippen molar-refractivity contribution in [1.29, 1.82) is 0 Å². The van der Waals surface area contributed by atoms with Crippen LogP contribution >= 0.6 is 0 Å². The van der Waals surface area contributed by atoms with E-state index >= 15 is 0 Å². The molecule has 1 atom stereocenters. The summed E-state index contributed by atoms with van der Waals surface area (Å²) in [6.45, 7) is 3.13. The van der Waals surface area contributed by atoms with Crippen molar-refractivity contribution in [3.8, 4) is 0 Å². The van der Waals surface area contributed by atoms with Gasteiger partial charge in [-0.15, -0.1) is 0 Å². The fourth-order valence-corrected chi connectivity index (χ4v) is 2.82. The number of hydrogen-bond acceptors (Lipinski definition) is 4. The number of aromatic nitrogens is 2. The summed E-state index contributed by atoms with van der Waals surface area (Å²) in [5.74, 6) is -0.368. The maximum absolute atomic E-state index is 12.4. The summed E-state index contributed by atoms with van der Waals surface area (Å²) in [5, 5.41) is 5.69. The van der Waals surface area contributed by atoms with Crippen molar-refractivity contribution in [3.63, 3.8) is 0 Å². The van der Waals surface area contributed by atoms with E-state index in [0.717, 1.165) is 18.5 Å². The van der Waals surface area contributed by atoms with Gasteiger partial charge in [0.25, 0.3) is 0 Å². The van der Waals surface area contributed by atoms with E-state index in [4.69, 9.17) is 5.73 Å². The van der Waals surface area contributed by atoms with E-state index in [2.05, 4.69) is 27.5 Å². The molecule has 0 saturated carbocycles. The van der Waals surface area contributed by atoms with Crippen molar-refractivity contribution in [1.82, 2.24) is 20.6 Å². The number of carbonyl (C=O) groups is 2. The zero-order chi connectivity index (χ0) is 19.0. The number of nitrogens with two attached hydrogens (primary N) is 1. The maximum atomic E-state index is 12.4. The van der Waals surface area contributed by atoms with E-state index in [1.807, 2.05) is 0 Å². The van der Waals surface area contributed by atoms with Crippen LogP contribution in [-0.4, -0.2) is 40.9 Å². The highest BCUT2D eigenvalue weighted by molar-refractivity contribution is 5.87. The molecule has 0 spiro atoms. The number of unbranched alkanes of at least 4 members (excludes halogenated alkanes) is 7. The van der Waals surface area contributed by atoms with Crippen molar-refractivity contribution < 1.29 is 9.59 Å². The van der Waals surface area contributed by atoms with E-state index in [0.29, 0.717) is 13.0 Å². The Kier molecular flexibility index (Phi) is 12.2. The van der Waals surface area contributed by atoms with Gasteiger partial charge < -0.3 is 21.4 Å². The zero-order valence-electron chi connectivity index (χ0n) is 16.1. The summed E-state index contributed by atoms with van der Waals surface area (Å²) in [6, 6.07) is -0.608. The first-order valence-electron chi connectivity index (χ1n) is 9.91. The van der Waals surface area contributed by atoms with Crippen LogP contribution < -0.4 is 16.4 Å². The molecule has 1 aromatic heterocycles. The molecule has 0 aliphatic carbocycles. The first-order valence-corrected chi connectivity index (χ1v) is 9.91. The van der Waals surface area contributed by atoms with Gasteiger partial charge >= 0.3 is 0 Å². The first kappa shape index (κ1) is 22.2. The third-order valence-corrected chi connectivity index (χ3v) is 4.33. The molecular formula is C19H35N5O2. The smallest absolute Gasteiger partial charge is 0.242 e. The fraction of sp³-hybridized carbons (Fsp3) is 0.737. The third kappa shape index (κ3) is 10.2. The molecule has 0 saturated heterocycles. The second-order valence-electron chi connectivity index (χ2n) is 6.71. The summed E-state index contributed by atoms with van der Waals surface area (Å²) >= 11 is 0. The second-order valence-corrected chi connectivity index (χ2v) is 6.71. The molecule has 7 heteroatoms. The molecule has 7 nitrogen and oxygen atoms in total. The van der Waals surface area contributed by atoms with E-state index in [1.165, 1.54) is 38.5 Å². The summed E-state index contributed by atoms with van der Waals surface area (Å²) in [7, 11) is 0. The Hall–Kier alpha value is -1.89. The highest BCUT2D eigenvalue weighted by Gasteiger charge is 2.21. The number of amides is 2. The van der Waals surface area contributed by atoms with Crippen LogP contribution in [-0.2, 0) is 16.0 Å². The average Bonchev–Trinajstić information content (AvgIpc) is 3.13. The molecule has 0 aliphatic rings. The Morgan fingerprint density at radius 1 is 1.15 bits per heavy atom. The lowest BCUT2D eigenvalue weighted by Crippen LogP contribution is -2.48. The van der Waals surface area contributed by atoms with Crippen LogP contribution in [0.5, 0.6) is 0 Å². The quantitative estimate of drug-likeness (QED) is 0.356. The van der Waals surface area contributed by atoms with Crippen molar-refractivity contribution >= 4 is 11.8 Å². The van der Waals surface area contributed by atoms with Gasteiger partial charge in [-0.2, -0.15) is 0 Å². The molecule has 0 fully saturated rings. The molecule has 5 N–H and O–H groups in total. The summed E-state index contributed by atoms with van der Waals surface area (Å²) in [4.78, 5) is 31.2. The SMILES string of the molecule is CCCCCCCCCCNC(=O)[C@H](Cc1cnc[nH]1)NC(=O)CCN. The molecule has 0 bridgehead atoms. The van der Waals surface area contributed by atoms with Crippen molar-refractivity contribution in [2.24, 2.45) is 5.73 Å². The highest BCUT2D eigenvalue weighted by Crippen LogP contribution is 2.08. The molecule has 0 unspecified atom stereocenters. The fourth-order valence-electron chi connectivity index (χ4n) is 2.82. The third-order valence-electron chi connectivity index (χ3n) is 4.33. The van der Waals surface area contributed by atoms with E-state index in [9.17, 15) is 9.59 Å². The molecule has 2 amide bonds. The Bertz CT molecular complexity index is 490. The topological polar surface area (TPSA) is 113 Å². The van der Waals surface area contributed by atoms with E-state index in [1.54, 1.807) is 12.5 Å². The van der Waals surface area contributed by atoms with Gasteiger partial charge in [0.1, 0.15) is 6.04 Å². The van der Waals surface area contributed by atoms with Gasteiger partial charge in [0.2, 0.25) is 11.8 Å². The molecule has 26 heavy (non-hydrogen) atoms. The molecule has 0 aliphatic heterocycles. The number of carbonyl (C=O) groups excluding carboxylic acids is 2. The van der Waals surface area contributed by atoms with Crippen molar-refractivity contribution in [2.75, 3.05) is 13.1 Å². The summed E-state index contributed by atoms with van der Waals surface area (Å²) in [6.07, 6.45) is 13.6. The predicted octanol–water partition coefficient (Wildman–Crippen LogP) is 2.04. The summed E-state index contributed by atoms with van der Waals surface area (Å²) < 4.78 is 0. The predicted molar refractivity (Wildman–Crippen MR) is 104 cm³/mol. The molecule has 0 aromatic carbocycles. The zero-order valence-corrected chi connectivity index (χ0v) is 16.1. The highest BCUT2D eigenvalue weighted by atomic mass is 16.2. The second kappa shape index (κ2) is 14.3. The van der Waals surface area contributed by atoms with Crippen molar-refractivity contribution in [2.45, 2.75) is 77.2 Å². The molecular weight excluding hydrogens is 330 g/mol. The van der Waals surface area contributed by atoms with Crippen molar-refractivity contribution in [3.05, 3.63) is 18.2 Å². The Morgan fingerprint density at radius 2 is 1.85 bits per heavy atom. The number of imidazole rings is 1. The largest absolute Gasteiger partial charge is 0.354 e. The van der Waals surface area contributed by atoms with Gasteiger partial charge in [0.05, 0.1) is 6.33 Å². The van der Waals surface area contributed by atoms with E-state index in [-0.39, 0.29) is 24.8 Å². The molecule has 0 radical (unpaired) electrons. The molecule has 1 aromatic rings. The summed E-state index contributed by atoms with van der Waals surface area (Å²) in [5.41, 5.74) is 6.22. The van der Waals surface area contributed by atoms with Gasteiger partial charge in [0, 0.05) is 37.8 Å². The van der Waals surface area contributed by atoms with Crippen LogP contribution in [0.2, 0.25) is 0 Å². The number of H-pyrrole nitrogens is 1. The number of hydrogen-bond donors (Lipinski definition) is 4. The van der Waals surface area contributed by atoms with Gasteiger partial charge in [-0.1, -0.05) is 51.9 Å². The van der Waals surface area contributed by atoms with Crippen LogP contribution in [0.3, 0.4) is 0 Å². The number of aromatic amines is 1. The standard InChI is InChI=1S/C19H35N5O2/c1-2-3-4-5-6-7-8-9-12-22-19(26)17(24-18(25)10-11-20)13-16-14-21-15-23-16/h14-15,17H,2-13,20H2,1H3,(H,21,23)(H,22,26)(H,24,25)/t17-/m0/s1. The minimum absolute atomic E-state index is 0.159. The lowest BCUT2D eigenvalue weighted by Gasteiger charge is -2.18. The molecule has 1 rings (SSSR count). The normalized spacial score (nSPS) is 11.9. The van der Waals surface area contributed by atoms with Crippen LogP contribution in [0.1, 0.15) is 70.4 Å². The minimum Gasteiger partial charge on any atom is -0.354 e. The van der Waals surface area contributed by atoms with Gasteiger partial charge in [-0.3, -0.25) is 9.59 Å². The van der Waals surface area contributed by atoms with Crippen LogP contribution in [0.15, 0.2) is 12.5 Å². The average molecular weight is 366 g/mol. The molecule has 1 heterocycles.